The van der Waals surface area contributed by atoms with Gasteiger partial charge in [-0.1, -0.05) is 0 Å². The minimum absolute atomic E-state index is 0.128. The maximum absolute atomic E-state index is 11.7. The number of piperidine rings is 1. The largest absolute Gasteiger partial charge is 0.316 e. The lowest BCUT2D eigenvalue weighted by atomic mass is 9.99. The van der Waals surface area contributed by atoms with E-state index in [1.807, 2.05) is 0 Å². The van der Waals surface area contributed by atoms with Crippen molar-refractivity contribution in [1.29, 1.82) is 0 Å². The van der Waals surface area contributed by atoms with E-state index in [-0.39, 0.29) is 11.8 Å². The number of hydrogen-bond donors (Lipinski definition) is 1. The quantitative estimate of drug-likeness (QED) is 0.683. The molecule has 1 aromatic rings. The van der Waals surface area contributed by atoms with Gasteiger partial charge in [0.25, 0.3) is 0 Å². The zero-order chi connectivity index (χ0) is 9.10. The van der Waals surface area contributed by atoms with Gasteiger partial charge in [-0.25, -0.2) is 4.98 Å². The third-order valence-corrected chi connectivity index (χ3v) is 2.41. The monoisotopic (exact) mass is 179 g/mol. The Morgan fingerprint density at radius 1 is 1.62 bits per heavy atom. The van der Waals surface area contributed by atoms with Crippen LogP contribution in [-0.2, 0) is 0 Å². The zero-order valence-electron chi connectivity index (χ0n) is 7.44. The fourth-order valence-electron chi connectivity index (χ4n) is 1.66. The molecule has 2 heterocycles. The Balaban J connectivity index is 2.04. The maximum Gasteiger partial charge on any atom is 0.236 e. The molecule has 0 bridgehead atoms. The van der Waals surface area contributed by atoms with E-state index in [9.17, 15) is 4.79 Å². The second-order valence-corrected chi connectivity index (χ2v) is 3.35. The van der Waals surface area contributed by atoms with Crippen LogP contribution in [0.5, 0.6) is 0 Å². The van der Waals surface area contributed by atoms with Crippen molar-refractivity contribution in [1.82, 2.24) is 14.9 Å². The predicted molar refractivity (Wildman–Crippen MR) is 48.4 cm³/mol. The molecule has 4 nitrogen and oxygen atoms in total. The molecule has 0 aromatic carbocycles. The highest BCUT2D eigenvalue weighted by Gasteiger charge is 2.21. The Hall–Kier alpha value is -1.16. The van der Waals surface area contributed by atoms with Crippen molar-refractivity contribution in [3.63, 3.8) is 0 Å². The van der Waals surface area contributed by atoms with Crippen molar-refractivity contribution >= 4 is 5.91 Å². The second-order valence-electron chi connectivity index (χ2n) is 3.35. The number of carbonyl (C=O) groups is 1. The van der Waals surface area contributed by atoms with E-state index >= 15 is 0 Å². The first-order chi connectivity index (χ1) is 6.38. The molecule has 0 radical (unpaired) electrons. The Kier molecular flexibility index (Phi) is 2.40. The molecule has 0 amide bonds. The van der Waals surface area contributed by atoms with Gasteiger partial charge in [0.15, 0.2) is 0 Å². The van der Waals surface area contributed by atoms with Gasteiger partial charge in [-0.2, -0.15) is 0 Å². The molecule has 1 fully saturated rings. The highest BCUT2D eigenvalue weighted by molar-refractivity contribution is 5.81. The van der Waals surface area contributed by atoms with Crippen molar-refractivity contribution in [2.24, 2.45) is 5.92 Å². The van der Waals surface area contributed by atoms with E-state index < -0.39 is 0 Å². The summed E-state index contributed by atoms with van der Waals surface area (Å²) in [5.41, 5.74) is 0. The minimum Gasteiger partial charge on any atom is -0.316 e. The highest BCUT2D eigenvalue weighted by atomic mass is 16.2. The van der Waals surface area contributed by atoms with Gasteiger partial charge in [-0.15, -0.1) is 0 Å². The van der Waals surface area contributed by atoms with Gasteiger partial charge in [0.05, 0.1) is 5.92 Å². The first kappa shape index (κ1) is 8.44. The van der Waals surface area contributed by atoms with Crippen LogP contribution >= 0.6 is 0 Å². The van der Waals surface area contributed by atoms with Gasteiger partial charge >= 0.3 is 0 Å². The van der Waals surface area contributed by atoms with E-state index in [1.54, 1.807) is 23.3 Å². The van der Waals surface area contributed by atoms with Crippen molar-refractivity contribution in [3.8, 4) is 0 Å². The fraction of sp³-hybridized carbons (Fsp3) is 0.556. The first-order valence-electron chi connectivity index (χ1n) is 4.61. The summed E-state index contributed by atoms with van der Waals surface area (Å²) in [7, 11) is 0. The van der Waals surface area contributed by atoms with Crippen LogP contribution in [0.3, 0.4) is 0 Å². The lowest BCUT2D eigenvalue weighted by Crippen LogP contribution is -2.36. The smallest absolute Gasteiger partial charge is 0.236 e. The highest BCUT2D eigenvalue weighted by Crippen LogP contribution is 2.12. The molecular weight excluding hydrogens is 166 g/mol. The summed E-state index contributed by atoms with van der Waals surface area (Å²) >= 11 is 0. The second kappa shape index (κ2) is 3.70. The van der Waals surface area contributed by atoms with E-state index in [0.717, 1.165) is 25.9 Å². The standard InChI is InChI=1S/C9H13N3O/c13-9(12-5-4-11-7-12)8-2-1-3-10-6-8/h4-5,7-8,10H,1-3,6H2. The van der Waals surface area contributed by atoms with E-state index in [0.29, 0.717) is 0 Å². The summed E-state index contributed by atoms with van der Waals surface area (Å²) in [5, 5.41) is 3.22. The van der Waals surface area contributed by atoms with Crippen LogP contribution in [0.2, 0.25) is 0 Å². The van der Waals surface area contributed by atoms with Crippen molar-refractivity contribution in [2.45, 2.75) is 12.8 Å². The average molecular weight is 179 g/mol. The maximum atomic E-state index is 11.7. The summed E-state index contributed by atoms with van der Waals surface area (Å²) in [4.78, 5) is 15.6. The number of hydrogen-bond acceptors (Lipinski definition) is 3. The minimum atomic E-state index is 0.128. The summed E-state index contributed by atoms with van der Waals surface area (Å²) in [6, 6.07) is 0. The van der Waals surface area contributed by atoms with Gasteiger partial charge in [0.2, 0.25) is 5.91 Å². The van der Waals surface area contributed by atoms with Crippen LogP contribution in [0.4, 0.5) is 0 Å². The van der Waals surface area contributed by atoms with E-state index in [2.05, 4.69) is 10.3 Å². The Bertz CT molecular complexity index is 275. The van der Waals surface area contributed by atoms with E-state index in [1.165, 1.54) is 0 Å². The van der Waals surface area contributed by atoms with Crippen LogP contribution in [0.1, 0.15) is 17.6 Å². The lowest BCUT2D eigenvalue weighted by molar-refractivity contribution is 0.0812. The van der Waals surface area contributed by atoms with Gasteiger partial charge in [-0.3, -0.25) is 9.36 Å². The van der Waals surface area contributed by atoms with Crippen LogP contribution < -0.4 is 5.32 Å². The molecule has 0 spiro atoms. The van der Waals surface area contributed by atoms with Gasteiger partial charge < -0.3 is 5.32 Å². The molecule has 0 saturated carbocycles. The van der Waals surface area contributed by atoms with Crippen LogP contribution in [0.15, 0.2) is 18.7 Å². The van der Waals surface area contributed by atoms with Gasteiger partial charge in [0.1, 0.15) is 6.33 Å². The zero-order valence-corrected chi connectivity index (χ0v) is 7.44. The van der Waals surface area contributed by atoms with Crippen LogP contribution in [-0.4, -0.2) is 28.5 Å². The van der Waals surface area contributed by atoms with Gasteiger partial charge in [0, 0.05) is 18.9 Å². The van der Waals surface area contributed by atoms with Crippen LogP contribution in [0.25, 0.3) is 0 Å². The summed E-state index contributed by atoms with van der Waals surface area (Å²) < 4.78 is 1.57. The molecule has 1 aliphatic rings. The Morgan fingerprint density at radius 2 is 2.54 bits per heavy atom. The first-order valence-corrected chi connectivity index (χ1v) is 4.61. The molecule has 13 heavy (non-hydrogen) atoms. The number of aromatic nitrogens is 2. The molecule has 1 aromatic heterocycles. The van der Waals surface area contributed by atoms with Crippen LogP contribution in [0, 0.1) is 5.92 Å². The third-order valence-electron chi connectivity index (χ3n) is 2.41. The lowest BCUT2D eigenvalue weighted by Gasteiger charge is -2.21. The summed E-state index contributed by atoms with van der Waals surface area (Å²) in [6.07, 6.45) is 6.98. The molecular formula is C9H13N3O. The van der Waals surface area contributed by atoms with Crippen molar-refractivity contribution in [3.05, 3.63) is 18.7 Å². The number of nitrogens with one attached hydrogen (secondary N) is 1. The molecule has 1 N–H and O–H groups in total. The number of rotatable bonds is 1. The van der Waals surface area contributed by atoms with Crippen molar-refractivity contribution in [2.75, 3.05) is 13.1 Å². The molecule has 0 aliphatic carbocycles. The Morgan fingerprint density at radius 3 is 3.15 bits per heavy atom. The predicted octanol–water partition coefficient (Wildman–Crippen LogP) is 0.523. The molecule has 1 aliphatic heterocycles. The fourth-order valence-corrected chi connectivity index (χ4v) is 1.66. The summed E-state index contributed by atoms with van der Waals surface area (Å²) in [5.74, 6) is 0.285. The number of nitrogens with zero attached hydrogens (tertiary/aromatic N) is 2. The number of carbonyl (C=O) groups excluding carboxylic acids is 1. The normalized spacial score (nSPS) is 22.9. The van der Waals surface area contributed by atoms with Crippen molar-refractivity contribution < 1.29 is 4.79 Å². The molecule has 1 unspecified atom stereocenters. The molecule has 2 rings (SSSR count). The topological polar surface area (TPSA) is 46.9 Å². The molecule has 1 saturated heterocycles. The SMILES string of the molecule is O=C(C1CCCNC1)n1ccnc1. The van der Waals surface area contributed by atoms with Gasteiger partial charge in [-0.05, 0) is 19.4 Å². The van der Waals surface area contributed by atoms with E-state index in [4.69, 9.17) is 0 Å². The molecule has 4 heteroatoms. The number of imidazole rings is 1. The molecule has 70 valence electrons. The third kappa shape index (κ3) is 1.78. The average Bonchev–Trinajstić information content (AvgIpc) is 2.71. The summed E-state index contributed by atoms with van der Waals surface area (Å²) in [6.45, 7) is 1.84. The molecule has 1 atom stereocenters. The Labute approximate surface area is 77.0 Å².